The molecule has 0 aliphatic carbocycles. The molecule has 1 unspecified atom stereocenters. The topological polar surface area (TPSA) is 86.8 Å². The fraction of sp³-hybridized carbons (Fsp3) is 0.500. The van der Waals surface area contributed by atoms with Gasteiger partial charge in [-0.15, -0.1) is 0 Å². The Morgan fingerprint density at radius 1 is 1.00 bits per heavy atom. The van der Waals surface area contributed by atoms with Crippen LogP contribution in [0.3, 0.4) is 0 Å². The molecule has 36 heavy (non-hydrogen) atoms. The van der Waals surface area contributed by atoms with Gasteiger partial charge in [0.25, 0.3) is 0 Å². The third-order valence-electron chi connectivity index (χ3n) is 6.03. The summed E-state index contributed by atoms with van der Waals surface area (Å²) in [5.41, 5.74) is 3.42. The lowest BCUT2D eigenvalue weighted by Crippen LogP contribution is -2.52. The molecule has 1 atom stereocenters. The van der Waals surface area contributed by atoms with Crippen molar-refractivity contribution in [3.8, 4) is 0 Å². The summed E-state index contributed by atoms with van der Waals surface area (Å²) in [5, 5.41) is 2.93. The van der Waals surface area contributed by atoms with E-state index >= 15 is 0 Å². The number of hydrogen-bond acceptors (Lipinski definition) is 4. The minimum atomic E-state index is -3.75. The van der Waals surface area contributed by atoms with E-state index in [9.17, 15) is 18.0 Å². The molecule has 198 valence electrons. The zero-order valence-electron chi connectivity index (χ0n) is 22.6. The molecule has 0 spiro atoms. The van der Waals surface area contributed by atoms with Crippen molar-refractivity contribution in [2.45, 2.75) is 66.5 Å². The number of rotatable bonds is 12. The summed E-state index contributed by atoms with van der Waals surface area (Å²) < 4.78 is 26.6. The molecule has 0 heterocycles. The number of sulfonamides is 1. The molecule has 2 rings (SSSR count). The number of nitrogens with one attached hydrogen (secondary N) is 1. The molecule has 1 N–H and O–H groups in total. The van der Waals surface area contributed by atoms with Gasteiger partial charge in [0.05, 0.1) is 11.9 Å². The van der Waals surface area contributed by atoms with Crippen LogP contribution in [0.2, 0.25) is 0 Å². The smallest absolute Gasteiger partial charge is 0.244 e. The van der Waals surface area contributed by atoms with Crippen LogP contribution in [-0.2, 0) is 26.2 Å². The standard InChI is InChI=1S/C28H41N3O4S/c1-8-26(28(33)29-17-20(2)3)30(18-23-11-9-10-22(6)16-23)27(32)19-31(36(7,34)35)25-14-12-24(13-15-25)21(4)5/h9-16,20-21,26H,8,17-19H2,1-7H3,(H,29,33). The van der Waals surface area contributed by atoms with Gasteiger partial charge < -0.3 is 10.2 Å². The summed E-state index contributed by atoms with van der Waals surface area (Å²) in [6.07, 6.45) is 1.50. The molecule has 0 saturated carbocycles. The molecule has 8 heteroatoms. The van der Waals surface area contributed by atoms with E-state index in [2.05, 4.69) is 19.2 Å². The van der Waals surface area contributed by atoms with Gasteiger partial charge in [-0.25, -0.2) is 8.42 Å². The summed E-state index contributed by atoms with van der Waals surface area (Å²) in [7, 11) is -3.75. The molecule has 0 aliphatic heterocycles. The Balaban J connectivity index is 2.42. The number of carbonyl (C=O) groups is 2. The Morgan fingerprint density at radius 3 is 2.14 bits per heavy atom. The van der Waals surface area contributed by atoms with Crippen molar-refractivity contribution in [1.29, 1.82) is 0 Å². The minimum Gasteiger partial charge on any atom is -0.354 e. The number of anilines is 1. The largest absolute Gasteiger partial charge is 0.354 e. The highest BCUT2D eigenvalue weighted by molar-refractivity contribution is 7.92. The van der Waals surface area contributed by atoms with E-state index in [1.807, 2.05) is 64.1 Å². The quantitative estimate of drug-likeness (QED) is 0.452. The van der Waals surface area contributed by atoms with Crippen molar-refractivity contribution in [2.75, 3.05) is 23.7 Å². The molecule has 2 aromatic carbocycles. The van der Waals surface area contributed by atoms with Crippen molar-refractivity contribution < 1.29 is 18.0 Å². The average molecular weight is 516 g/mol. The van der Waals surface area contributed by atoms with E-state index in [0.29, 0.717) is 24.6 Å². The zero-order valence-corrected chi connectivity index (χ0v) is 23.4. The lowest BCUT2D eigenvalue weighted by Gasteiger charge is -2.33. The number of benzene rings is 2. The SMILES string of the molecule is CCC(C(=O)NCC(C)C)N(Cc1cccc(C)c1)C(=O)CN(c1ccc(C(C)C)cc1)S(C)(=O)=O. The van der Waals surface area contributed by atoms with Gasteiger partial charge in [0.2, 0.25) is 21.8 Å². The van der Waals surface area contributed by atoms with Gasteiger partial charge in [0.15, 0.2) is 0 Å². The first kappa shape index (κ1) is 29.4. The van der Waals surface area contributed by atoms with Crippen LogP contribution in [0.5, 0.6) is 0 Å². The van der Waals surface area contributed by atoms with Crippen LogP contribution in [0.4, 0.5) is 5.69 Å². The van der Waals surface area contributed by atoms with Crippen molar-refractivity contribution in [3.05, 3.63) is 65.2 Å². The molecule has 0 radical (unpaired) electrons. The Morgan fingerprint density at radius 2 is 1.64 bits per heavy atom. The minimum absolute atomic E-state index is 0.206. The van der Waals surface area contributed by atoms with Gasteiger partial charge >= 0.3 is 0 Å². The highest BCUT2D eigenvalue weighted by Gasteiger charge is 2.31. The third kappa shape index (κ3) is 8.36. The maximum atomic E-state index is 13.7. The lowest BCUT2D eigenvalue weighted by molar-refractivity contribution is -0.140. The highest BCUT2D eigenvalue weighted by atomic mass is 32.2. The Bertz CT molecular complexity index is 1130. The van der Waals surface area contributed by atoms with E-state index in [0.717, 1.165) is 27.3 Å². The molecule has 0 bridgehead atoms. The molecule has 2 aromatic rings. The van der Waals surface area contributed by atoms with Crippen LogP contribution in [0.15, 0.2) is 48.5 Å². The third-order valence-corrected chi connectivity index (χ3v) is 7.17. The summed E-state index contributed by atoms with van der Waals surface area (Å²) in [6.45, 7) is 12.3. The zero-order chi connectivity index (χ0) is 27.0. The van der Waals surface area contributed by atoms with Crippen LogP contribution in [-0.4, -0.2) is 50.5 Å². The van der Waals surface area contributed by atoms with Gasteiger partial charge in [0, 0.05) is 13.1 Å². The fourth-order valence-corrected chi connectivity index (χ4v) is 4.84. The van der Waals surface area contributed by atoms with Gasteiger partial charge in [-0.05, 0) is 48.4 Å². The van der Waals surface area contributed by atoms with Crippen LogP contribution < -0.4 is 9.62 Å². The van der Waals surface area contributed by atoms with Crippen LogP contribution in [0.1, 0.15) is 63.6 Å². The van der Waals surface area contributed by atoms with Crippen molar-refractivity contribution in [2.24, 2.45) is 5.92 Å². The van der Waals surface area contributed by atoms with Crippen LogP contribution >= 0.6 is 0 Å². The number of hydrogen-bond donors (Lipinski definition) is 1. The van der Waals surface area contributed by atoms with Crippen LogP contribution in [0, 0.1) is 12.8 Å². The first-order chi connectivity index (χ1) is 16.8. The maximum Gasteiger partial charge on any atom is 0.244 e. The summed E-state index contributed by atoms with van der Waals surface area (Å²) in [6, 6.07) is 14.2. The normalized spacial score (nSPS) is 12.5. The van der Waals surface area contributed by atoms with Gasteiger partial charge in [0.1, 0.15) is 12.6 Å². The summed E-state index contributed by atoms with van der Waals surface area (Å²) in [4.78, 5) is 28.3. The fourth-order valence-electron chi connectivity index (χ4n) is 3.99. The molecule has 2 amide bonds. The molecule has 0 aromatic heterocycles. The maximum absolute atomic E-state index is 13.7. The monoisotopic (exact) mass is 515 g/mol. The number of aryl methyl sites for hydroxylation is 1. The molecule has 7 nitrogen and oxygen atoms in total. The summed E-state index contributed by atoms with van der Waals surface area (Å²) >= 11 is 0. The Hall–Kier alpha value is -2.87. The molecule has 0 fully saturated rings. The van der Waals surface area contributed by atoms with Crippen LogP contribution in [0.25, 0.3) is 0 Å². The second-order valence-corrected chi connectivity index (χ2v) is 12.0. The van der Waals surface area contributed by atoms with Crippen molar-refractivity contribution in [1.82, 2.24) is 10.2 Å². The molecule has 0 aliphatic rings. The first-order valence-electron chi connectivity index (χ1n) is 12.5. The first-order valence-corrected chi connectivity index (χ1v) is 14.4. The van der Waals surface area contributed by atoms with Gasteiger partial charge in [-0.3, -0.25) is 13.9 Å². The second-order valence-electron chi connectivity index (χ2n) is 10.1. The number of nitrogens with zero attached hydrogens (tertiary/aromatic N) is 2. The van der Waals surface area contributed by atoms with E-state index in [1.54, 1.807) is 12.1 Å². The molecular formula is C28H41N3O4S. The van der Waals surface area contributed by atoms with E-state index < -0.39 is 22.0 Å². The Kier molecular flexibility index (Phi) is 10.5. The van der Waals surface area contributed by atoms with Gasteiger partial charge in [-0.2, -0.15) is 0 Å². The van der Waals surface area contributed by atoms with Crippen molar-refractivity contribution >= 4 is 27.5 Å². The highest BCUT2D eigenvalue weighted by Crippen LogP contribution is 2.23. The lowest BCUT2D eigenvalue weighted by atomic mass is 10.0. The van der Waals surface area contributed by atoms with E-state index in [1.165, 1.54) is 4.90 Å². The average Bonchev–Trinajstić information content (AvgIpc) is 2.80. The number of carbonyl (C=O) groups excluding carboxylic acids is 2. The Labute approximate surface area is 216 Å². The predicted octanol–water partition coefficient (Wildman–Crippen LogP) is 4.46. The van der Waals surface area contributed by atoms with Crippen molar-refractivity contribution in [3.63, 3.8) is 0 Å². The van der Waals surface area contributed by atoms with E-state index in [-0.39, 0.29) is 24.9 Å². The number of amides is 2. The van der Waals surface area contributed by atoms with Gasteiger partial charge in [-0.1, -0.05) is 76.6 Å². The van der Waals surface area contributed by atoms with E-state index in [4.69, 9.17) is 0 Å². The second kappa shape index (κ2) is 12.9. The molecule has 0 saturated heterocycles. The molecular weight excluding hydrogens is 474 g/mol. The predicted molar refractivity (Wildman–Crippen MR) is 146 cm³/mol. The summed E-state index contributed by atoms with van der Waals surface area (Å²) in [5.74, 6) is -0.102.